The molecule has 2 atom stereocenters. The van der Waals surface area contributed by atoms with Crippen molar-refractivity contribution in [3.63, 3.8) is 0 Å². The first kappa shape index (κ1) is 30.1. The van der Waals surface area contributed by atoms with E-state index in [-0.39, 0.29) is 42.8 Å². The molecule has 0 spiro atoms. The van der Waals surface area contributed by atoms with Crippen LogP contribution < -0.4 is 20.5 Å². The van der Waals surface area contributed by atoms with E-state index < -0.39 is 29.9 Å². The van der Waals surface area contributed by atoms with Crippen LogP contribution in [0.15, 0.2) is 48.5 Å². The van der Waals surface area contributed by atoms with E-state index in [1.807, 2.05) is 19.1 Å². The van der Waals surface area contributed by atoms with E-state index >= 15 is 0 Å². The number of aryl methyl sites for hydroxylation is 1. The number of aliphatic carboxylic acids is 1. The Labute approximate surface area is 232 Å². The summed E-state index contributed by atoms with van der Waals surface area (Å²) in [7, 11) is 0. The Kier molecular flexibility index (Phi) is 10.6. The van der Waals surface area contributed by atoms with Gasteiger partial charge in [-0.2, -0.15) is 0 Å². The molecule has 4 N–H and O–H groups in total. The average molecular weight is 554 g/mol. The van der Waals surface area contributed by atoms with Crippen molar-refractivity contribution in [2.45, 2.75) is 45.6 Å². The van der Waals surface area contributed by atoms with Gasteiger partial charge in [0.25, 0.3) is 0 Å². The molecule has 0 radical (unpaired) electrons. The fourth-order valence-electron chi connectivity index (χ4n) is 4.33. The van der Waals surface area contributed by atoms with Crippen LogP contribution in [0.2, 0.25) is 0 Å². The summed E-state index contributed by atoms with van der Waals surface area (Å²) in [5.41, 5.74) is 6.81. The number of carboxylic acid groups (broad SMARTS) is 1. The Morgan fingerprint density at radius 2 is 1.70 bits per heavy atom. The largest absolute Gasteiger partial charge is 0.486 e. The maximum absolute atomic E-state index is 12.6. The summed E-state index contributed by atoms with van der Waals surface area (Å²) in [6.07, 6.45) is 0.329. The third kappa shape index (κ3) is 8.82. The zero-order chi connectivity index (χ0) is 29.2. The molecule has 1 saturated heterocycles. The molecule has 0 saturated carbocycles. The number of primary amides is 1. The number of ketones is 1. The Balaban J connectivity index is 1.47. The number of nitrogens with one attached hydrogen (secondary N) is 1. The molecule has 1 fully saturated rings. The molecule has 11 heteroatoms. The van der Waals surface area contributed by atoms with Crippen molar-refractivity contribution in [1.82, 2.24) is 10.2 Å². The first-order chi connectivity index (χ1) is 19.0. The van der Waals surface area contributed by atoms with Gasteiger partial charge in [-0.15, -0.1) is 0 Å². The van der Waals surface area contributed by atoms with Crippen LogP contribution in [0.4, 0.5) is 4.79 Å². The number of piperidine rings is 1. The number of rotatable bonds is 12. The van der Waals surface area contributed by atoms with Gasteiger partial charge < -0.3 is 30.5 Å². The fourth-order valence-corrected chi connectivity index (χ4v) is 4.33. The number of likely N-dealkylation sites (tertiary alicyclic amines) is 1. The van der Waals surface area contributed by atoms with Crippen molar-refractivity contribution in [2.75, 3.05) is 19.7 Å². The zero-order valence-corrected chi connectivity index (χ0v) is 22.6. The number of para-hydroxylation sites is 1. The van der Waals surface area contributed by atoms with E-state index in [1.165, 1.54) is 4.90 Å². The molecule has 2 aromatic rings. The number of benzene rings is 2. The van der Waals surface area contributed by atoms with E-state index in [0.717, 1.165) is 5.56 Å². The lowest BCUT2D eigenvalue weighted by Crippen LogP contribution is -2.45. The average Bonchev–Trinajstić information content (AvgIpc) is 2.93. The number of carboxylic acids is 1. The van der Waals surface area contributed by atoms with Gasteiger partial charge in [-0.1, -0.05) is 37.3 Å². The van der Waals surface area contributed by atoms with Gasteiger partial charge in [-0.3, -0.25) is 14.4 Å². The SMILES string of the molecule is Cc1ccccc1OCC(=O)C[C@@H](C)C(=O)N[C@@H](Cc1ccc(OC(=O)N2CCC(C(N)=O)CC2)cc1)C(=O)O. The molecule has 11 nitrogen and oxygen atoms in total. The molecule has 2 aromatic carbocycles. The smallest absolute Gasteiger partial charge is 0.415 e. The molecule has 3 amide bonds. The highest BCUT2D eigenvalue weighted by atomic mass is 16.6. The van der Waals surface area contributed by atoms with Gasteiger partial charge in [0, 0.05) is 37.8 Å². The number of hydrogen-bond acceptors (Lipinski definition) is 7. The first-order valence-electron chi connectivity index (χ1n) is 13.1. The molecule has 0 aliphatic carbocycles. The summed E-state index contributed by atoms with van der Waals surface area (Å²) in [6, 6.07) is 12.4. The van der Waals surface area contributed by atoms with Crippen molar-refractivity contribution in [1.29, 1.82) is 0 Å². The Hall–Kier alpha value is -4.41. The number of nitrogens with two attached hydrogens (primary N) is 1. The molecule has 1 aliphatic rings. The first-order valence-corrected chi connectivity index (χ1v) is 13.1. The van der Waals surface area contributed by atoms with Crippen LogP contribution in [0.5, 0.6) is 11.5 Å². The second kappa shape index (κ2) is 14.1. The highest BCUT2D eigenvalue weighted by Crippen LogP contribution is 2.20. The summed E-state index contributed by atoms with van der Waals surface area (Å²) in [5, 5.41) is 12.1. The normalized spacial score (nSPS) is 15.0. The van der Waals surface area contributed by atoms with Crippen LogP contribution in [0.25, 0.3) is 0 Å². The van der Waals surface area contributed by atoms with Gasteiger partial charge in [0.1, 0.15) is 24.1 Å². The maximum atomic E-state index is 12.6. The van der Waals surface area contributed by atoms with Crippen LogP contribution >= 0.6 is 0 Å². The van der Waals surface area contributed by atoms with E-state index in [9.17, 15) is 29.1 Å². The Morgan fingerprint density at radius 3 is 2.30 bits per heavy atom. The molecular weight excluding hydrogens is 518 g/mol. The number of ether oxygens (including phenoxy) is 2. The van der Waals surface area contributed by atoms with Gasteiger partial charge in [-0.25, -0.2) is 9.59 Å². The highest BCUT2D eigenvalue weighted by molar-refractivity contribution is 5.89. The van der Waals surface area contributed by atoms with Crippen LogP contribution in [-0.4, -0.2) is 65.4 Å². The monoisotopic (exact) mass is 553 g/mol. The third-order valence-electron chi connectivity index (χ3n) is 6.80. The number of Topliss-reactive ketones (excluding diaryl/α,β-unsaturated/α-hetero) is 1. The number of amides is 3. The number of hydrogen-bond donors (Lipinski definition) is 3. The topological polar surface area (TPSA) is 165 Å². The van der Waals surface area contributed by atoms with Crippen molar-refractivity contribution in [2.24, 2.45) is 17.6 Å². The minimum atomic E-state index is -1.22. The lowest BCUT2D eigenvalue weighted by molar-refractivity contribution is -0.142. The molecule has 214 valence electrons. The van der Waals surface area contributed by atoms with Crippen molar-refractivity contribution in [3.05, 3.63) is 59.7 Å². The maximum Gasteiger partial charge on any atom is 0.415 e. The van der Waals surface area contributed by atoms with E-state index in [1.54, 1.807) is 43.3 Å². The summed E-state index contributed by atoms with van der Waals surface area (Å²) in [5.74, 6) is -2.54. The van der Waals surface area contributed by atoms with Crippen molar-refractivity contribution >= 4 is 29.7 Å². The summed E-state index contributed by atoms with van der Waals surface area (Å²) < 4.78 is 10.9. The van der Waals surface area contributed by atoms with E-state index in [0.29, 0.717) is 37.2 Å². The predicted octanol–water partition coefficient (Wildman–Crippen LogP) is 2.48. The van der Waals surface area contributed by atoms with E-state index in [2.05, 4.69) is 5.32 Å². The van der Waals surface area contributed by atoms with Crippen molar-refractivity contribution < 1.29 is 38.6 Å². The van der Waals surface area contributed by atoms with Crippen molar-refractivity contribution in [3.8, 4) is 11.5 Å². The summed E-state index contributed by atoms with van der Waals surface area (Å²) >= 11 is 0. The lowest BCUT2D eigenvalue weighted by atomic mass is 9.97. The lowest BCUT2D eigenvalue weighted by Gasteiger charge is -2.29. The molecule has 40 heavy (non-hydrogen) atoms. The van der Waals surface area contributed by atoms with Gasteiger partial charge in [0.2, 0.25) is 11.8 Å². The summed E-state index contributed by atoms with van der Waals surface area (Å²) in [4.78, 5) is 62.0. The second-order valence-corrected chi connectivity index (χ2v) is 9.98. The quantitative estimate of drug-likeness (QED) is 0.361. The van der Waals surface area contributed by atoms with Gasteiger partial charge >= 0.3 is 12.1 Å². The van der Waals surface area contributed by atoms with E-state index in [4.69, 9.17) is 15.2 Å². The van der Waals surface area contributed by atoms with Gasteiger partial charge in [0.15, 0.2) is 5.78 Å². The minimum Gasteiger partial charge on any atom is -0.486 e. The second-order valence-electron chi connectivity index (χ2n) is 9.98. The number of carbonyl (C=O) groups is 5. The minimum absolute atomic E-state index is 0.00695. The fraction of sp³-hybridized carbons (Fsp3) is 0.414. The van der Waals surface area contributed by atoms with Gasteiger partial charge in [-0.05, 0) is 49.1 Å². The highest BCUT2D eigenvalue weighted by Gasteiger charge is 2.27. The van der Waals surface area contributed by atoms with Crippen LogP contribution in [0.3, 0.4) is 0 Å². The van der Waals surface area contributed by atoms with Gasteiger partial charge in [0.05, 0.1) is 0 Å². The Bertz CT molecular complexity index is 1220. The molecule has 1 heterocycles. The number of nitrogens with zero attached hydrogens (tertiary/aromatic N) is 1. The molecule has 0 unspecified atom stereocenters. The summed E-state index contributed by atoms with van der Waals surface area (Å²) in [6.45, 7) is 3.97. The third-order valence-corrected chi connectivity index (χ3v) is 6.80. The number of carbonyl (C=O) groups excluding carboxylic acids is 4. The van der Waals surface area contributed by atoms with Crippen LogP contribution in [-0.2, 0) is 25.6 Å². The molecular formula is C29H35N3O8. The zero-order valence-electron chi connectivity index (χ0n) is 22.6. The Morgan fingerprint density at radius 1 is 1.05 bits per heavy atom. The molecule has 0 bridgehead atoms. The molecule has 1 aliphatic heterocycles. The van der Waals surface area contributed by atoms with Crippen LogP contribution in [0.1, 0.15) is 37.3 Å². The molecule has 3 rings (SSSR count). The standard InChI is InChI=1S/C29H35N3O8/c1-18-5-3-4-6-25(18)39-17-22(33)15-19(2)27(35)31-24(28(36)37)16-20-7-9-23(10-8-20)40-29(38)32-13-11-21(12-14-32)26(30)34/h3-10,19,21,24H,11-17H2,1-2H3,(H2,30,34)(H,31,35)(H,36,37)/t19-,24+/m1/s1. The molecule has 0 aromatic heterocycles. The predicted molar refractivity (Wildman–Crippen MR) is 145 cm³/mol. The van der Waals surface area contributed by atoms with Crippen LogP contribution in [0, 0.1) is 18.8 Å².